The minimum Gasteiger partial charge on any atom is -0.350 e. The summed E-state index contributed by atoms with van der Waals surface area (Å²) in [4.78, 5) is 14.0. The molecule has 0 spiro atoms. The van der Waals surface area contributed by atoms with Crippen molar-refractivity contribution in [2.45, 2.75) is 19.4 Å². The minimum absolute atomic E-state index is 0.0864. The highest BCUT2D eigenvalue weighted by Crippen LogP contribution is 2.15. The molecule has 1 N–H and O–H groups in total. The highest BCUT2D eigenvalue weighted by atomic mass is 35.5. The monoisotopic (exact) mass is 254 g/mol. The number of nitrogens with zero attached hydrogens (tertiary/aromatic N) is 1. The topological polar surface area (TPSA) is 32.3 Å². The first-order valence-corrected chi connectivity index (χ1v) is 5.92. The molecule has 1 amide bonds. The number of likely N-dealkylation sites (N-methyl/N-ethyl adjacent to an activating group) is 1. The lowest BCUT2D eigenvalue weighted by molar-refractivity contribution is 0.0920. The molecule has 0 unspecified atom stereocenters. The normalized spacial score (nSPS) is 11.6. The number of amides is 1. The van der Waals surface area contributed by atoms with E-state index < -0.39 is 0 Å². The molecule has 3 nitrogen and oxygen atoms in total. The second-order valence-corrected chi connectivity index (χ2v) is 5.28. The van der Waals surface area contributed by atoms with Gasteiger partial charge in [0.05, 0.1) is 10.6 Å². The number of carbonyl (C=O) groups excluding carboxylic acids is 1. The Bertz CT molecular complexity index is 402. The van der Waals surface area contributed by atoms with Crippen LogP contribution in [0.15, 0.2) is 24.3 Å². The Morgan fingerprint density at radius 2 is 1.94 bits per heavy atom. The molecule has 0 heterocycles. The highest BCUT2D eigenvalue weighted by Gasteiger charge is 2.21. The van der Waals surface area contributed by atoms with Gasteiger partial charge in [0.1, 0.15) is 0 Å². The van der Waals surface area contributed by atoms with E-state index in [1.165, 1.54) is 0 Å². The van der Waals surface area contributed by atoms with Crippen molar-refractivity contribution in [1.82, 2.24) is 10.2 Å². The van der Waals surface area contributed by atoms with Crippen molar-refractivity contribution in [2.75, 3.05) is 20.6 Å². The van der Waals surface area contributed by atoms with Crippen LogP contribution < -0.4 is 5.32 Å². The first-order valence-electron chi connectivity index (χ1n) is 5.55. The lowest BCUT2D eigenvalue weighted by Crippen LogP contribution is -2.48. The molecular formula is C13H19ClN2O. The lowest BCUT2D eigenvalue weighted by Gasteiger charge is -2.32. The van der Waals surface area contributed by atoms with Gasteiger partial charge in [0.2, 0.25) is 0 Å². The third-order valence-electron chi connectivity index (χ3n) is 3.01. The molecule has 1 rings (SSSR count). The van der Waals surface area contributed by atoms with E-state index in [4.69, 9.17) is 11.6 Å². The Labute approximate surface area is 108 Å². The fourth-order valence-electron chi connectivity index (χ4n) is 1.20. The van der Waals surface area contributed by atoms with Gasteiger partial charge >= 0.3 is 0 Å². The number of halogens is 1. The van der Waals surface area contributed by atoms with Crippen LogP contribution in [-0.2, 0) is 0 Å². The number of hydrogen-bond acceptors (Lipinski definition) is 2. The van der Waals surface area contributed by atoms with Gasteiger partial charge in [-0.1, -0.05) is 23.7 Å². The summed E-state index contributed by atoms with van der Waals surface area (Å²) in [6, 6.07) is 7.05. The van der Waals surface area contributed by atoms with Gasteiger partial charge in [-0.05, 0) is 40.1 Å². The molecule has 94 valence electrons. The predicted octanol–water partition coefficient (Wildman–Crippen LogP) is 2.41. The van der Waals surface area contributed by atoms with Gasteiger partial charge < -0.3 is 10.2 Å². The maximum absolute atomic E-state index is 11.9. The van der Waals surface area contributed by atoms with E-state index >= 15 is 0 Å². The third kappa shape index (κ3) is 3.72. The largest absolute Gasteiger partial charge is 0.350 e. The van der Waals surface area contributed by atoms with E-state index in [2.05, 4.69) is 24.1 Å². The van der Waals surface area contributed by atoms with Crippen LogP contribution in [-0.4, -0.2) is 37.0 Å². The first kappa shape index (κ1) is 14.0. The van der Waals surface area contributed by atoms with Crippen LogP contribution in [0.4, 0.5) is 0 Å². The molecule has 0 aliphatic heterocycles. The molecule has 0 aromatic heterocycles. The summed E-state index contributed by atoms with van der Waals surface area (Å²) in [6.45, 7) is 4.71. The molecule has 0 atom stereocenters. The Kier molecular flexibility index (Phi) is 4.54. The quantitative estimate of drug-likeness (QED) is 0.895. The molecule has 0 radical (unpaired) electrons. The fraction of sp³-hybridized carbons (Fsp3) is 0.462. The van der Waals surface area contributed by atoms with E-state index in [0.29, 0.717) is 17.1 Å². The van der Waals surface area contributed by atoms with Gasteiger partial charge in [-0.3, -0.25) is 4.79 Å². The molecule has 0 fully saturated rings. The summed E-state index contributed by atoms with van der Waals surface area (Å²) >= 11 is 5.96. The zero-order valence-electron chi connectivity index (χ0n) is 10.7. The molecule has 1 aromatic carbocycles. The molecule has 0 aliphatic rings. The fourth-order valence-corrected chi connectivity index (χ4v) is 1.42. The standard InChI is InChI=1S/C13H19ClN2O/c1-13(2,16(3)4)9-15-12(17)10-7-5-6-8-11(10)14/h5-8H,9H2,1-4H3,(H,15,17). The van der Waals surface area contributed by atoms with Crippen molar-refractivity contribution < 1.29 is 4.79 Å². The van der Waals surface area contributed by atoms with Crippen molar-refractivity contribution in [3.05, 3.63) is 34.9 Å². The van der Waals surface area contributed by atoms with E-state index in [0.717, 1.165) is 0 Å². The summed E-state index contributed by atoms with van der Waals surface area (Å²) < 4.78 is 0. The maximum Gasteiger partial charge on any atom is 0.252 e. The number of rotatable bonds is 4. The molecule has 17 heavy (non-hydrogen) atoms. The Balaban J connectivity index is 2.66. The van der Waals surface area contributed by atoms with E-state index in [9.17, 15) is 4.79 Å². The molecular weight excluding hydrogens is 236 g/mol. The van der Waals surface area contributed by atoms with E-state index in [1.54, 1.807) is 18.2 Å². The first-order chi connectivity index (χ1) is 7.84. The Morgan fingerprint density at radius 1 is 1.35 bits per heavy atom. The summed E-state index contributed by atoms with van der Waals surface area (Å²) in [5.41, 5.74) is 0.431. The van der Waals surface area contributed by atoms with Gasteiger partial charge in [-0.25, -0.2) is 0 Å². The van der Waals surface area contributed by atoms with Crippen LogP contribution >= 0.6 is 11.6 Å². The van der Waals surface area contributed by atoms with Crippen LogP contribution in [0.2, 0.25) is 5.02 Å². The summed E-state index contributed by atoms with van der Waals surface area (Å²) in [5.74, 6) is -0.134. The molecule has 0 saturated carbocycles. The average Bonchev–Trinajstić information content (AvgIpc) is 2.26. The number of benzene rings is 1. The van der Waals surface area contributed by atoms with Gasteiger partial charge in [-0.2, -0.15) is 0 Å². The Morgan fingerprint density at radius 3 is 2.47 bits per heavy atom. The SMILES string of the molecule is CN(C)C(C)(C)CNC(=O)c1ccccc1Cl. The zero-order valence-corrected chi connectivity index (χ0v) is 11.5. The van der Waals surface area contributed by atoms with Crippen LogP contribution in [0, 0.1) is 0 Å². The second kappa shape index (κ2) is 5.52. The van der Waals surface area contributed by atoms with Crippen molar-refractivity contribution in [2.24, 2.45) is 0 Å². The van der Waals surface area contributed by atoms with Crippen molar-refractivity contribution >= 4 is 17.5 Å². The number of hydrogen-bond donors (Lipinski definition) is 1. The van der Waals surface area contributed by atoms with Crippen molar-refractivity contribution in [3.63, 3.8) is 0 Å². The van der Waals surface area contributed by atoms with Gasteiger partial charge in [0.25, 0.3) is 5.91 Å². The molecule has 4 heteroatoms. The van der Waals surface area contributed by atoms with Crippen molar-refractivity contribution in [3.8, 4) is 0 Å². The molecule has 0 aliphatic carbocycles. The number of nitrogens with one attached hydrogen (secondary N) is 1. The van der Waals surface area contributed by atoms with Gasteiger partial charge in [0, 0.05) is 12.1 Å². The predicted molar refractivity (Wildman–Crippen MR) is 71.6 cm³/mol. The van der Waals surface area contributed by atoms with Gasteiger partial charge in [0.15, 0.2) is 0 Å². The van der Waals surface area contributed by atoms with E-state index in [-0.39, 0.29) is 11.4 Å². The highest BCUT2D eigenvalue weighted by molar-refractivity contribution is 6.33. The lowest BCUT2D eigenvalue weighted by atomic mass is 10.0. The molecule has 1 aromatic rings. The summed E-state index contributed by atoms with van der Waals surface area (Å²) in [7, 11) is 3.98. The van der Waals surface area contributed by atoms with Gasteiger partial charge in [-0.15, -0.1) is 0 Å². The minimum atomic E-state index is -0.134. The third-order valence-corrected chi connectivity index (χ3v) is 3.34. The van der Waals surface area contributed by atoms with Crippen LogP contribution in [0.1, 0.15) is 24.2 Å². The maximum atomic E-state index is 11.9. The zero-order chi connectivity index (χ0) is 13.1. The molecule has 0 saturated heterocycles. The smallest absolute Gasteiger partial charge is 0.252 e. The number of carbonyl (C=O) groups is 1. The van der Waals surface area contributed by atoms with Crippen LogP contribution in [0.25, 0.3) is 0 Å². The summed E-state index contributed by atoms with van der Waals surface area (Å²) in [6.07, 6.45) is 0. The average molecular weight is 255 g/mol. The molecule has 0 bridgehead atoms. The summed E-state index contributed by atoms with van der Waals surface area (Å²) in [5, 5.41) is 3.38. The Hall–Kier alpha value is -1.06. The van der Waals surface area contributed by atoms with Crippen LogP contribution in [0.5, 0.6) is 0 Å². The second-order valence-electron chi connectivity index (χ2n) is 4.87. The van der Waals surface area contributed by atoms with E-state index in [1.807, 2.05) is 20.2 Å². The van der Waals surface area contributed by atoms with Crippen LogP contribution in [0.3, 0.4) is 0 Å². The van der Waals surface area contributed by atoms with Crippen molar-refractivity contribution in [1.29, 1.82) is 0 Å².